The van der Waals surface area contributed by atoms with Crippen LogP contribution in [0.25, 0.3) is 0 Å². The van der Waals surface area contributed by atoms with E-state index in [1.54, 1.807) is 19.9 Å². The van der Waals surface area contributed by atoms with Crippen LogP contribution in [0.15, 0.2) is 23.3 Å². The molecule has 42 heavy (non-hydrogen) atoms. The van der Waals surface area contributed by atoms with E-state index in [-0.39, 0.29) is 34.7 Å². The molecule has 0 unspecified atom stereocenters. The van der Waals surface area contributed by atoms with Gasteiger partial charge in [-0.3, -0.25) is 0 Å². The molecule has 0 radical (unpaired) electrons. The Hall–Kier alpha value is -1.25. The Morgan fingerprint density at radius 2 is 1.62 bits per heavy atom. The fraction of sp³-hybridized carbons (Fsp3) is 0.857. The van der Waals surface area contributed by atoms with E-state index in [9.17, 15) is 30.3 Å². The summed E-state index contributed by atoms with van der Waals surface area (Å²) in [6, 6.07) is 0. The Morgan fingerprint density at radius 3 is 2.21 bits per heavy atom. The van der Waals surface area contributed by atoms with Gasteiger partial charge in [0, 0.05) is 16.4 Å². The average Bonchev–Trinajstić information content (AvgIpc) is 2.93. The molecule has 0 bridgehead atoms. The van der Waals surface area contributed by atoms with Gasteiger partial charge in [-0.25, -0.2) is 4.79 Å². The van der Waals surface area contributed by atoms with Crippen molar-refractivity contribution < 1.29 is 35.1 Å². The number of carbonyl (C=O) groups excluding carboxylic acids is 1. The van der Waals surface area contributed by atoms with Crippen molar-refractivity contribution in [2.24, 2.45) is 50.2 Å². The van der Waals surface area contributed by atoms with Crippen molar-refractivity contribution in [3.8, 4) is 0 Å². The lowest BCUT2D eigenvalue weighted by atomic mass is 9.33. The molecule has 0 spiro atoms. The van der Waals surface area contributed by atoms with Crippen molar-refractivity contribution in [2.75, 3.05) is 13.2 Å². The first-order chi connectivity index (χ1) is 19.4. The number of carbonyl (C=O) groups is 1. The quantitative estimate of drug-likeness (QED) is 0.185. The molecule has 0 heterocycles. The Kier molecular flexibility index (Phi) is 7.76. The summed E-state index contributed by atoms with van der Waals surface area (Å²) in [4.78, 5) is 12.9. The van der Waals surface area contributed by atoms with Gasteiger partial charge in [-0.05, 0) is 92.8 Å². The second kappa shape index (κ2) is 10.1. The smallest absolute Gasteiger partial charge is 0.333 e. The lowest BCUT2D eigenvalue weighted by molar-refractivity contribution is -0.262. The summed E-state index contributed by atoms with van der Waals surface area (Å²) in [5, 5.41) is 56.6. The molecule has 12 atom stereocenters. The van der Waals surface area contributed by atoms with Crippen LogP contribution < -0.4 is 0 Å². The highest BCUT2D eigenvalue weighted by molar-refractivity contribution is 5.87. The van der Waals surface area contributed by atoms with Crippen LogP contribution >= 0.6 is 0 Å². The van der Waals surface area contributed by atoms with E-state index in [1.165, 1.54) is 5.57 Å². The molecule has 0 amide bonds. The monoisotopic (exact) mass is 588 g/mol. The lowest BCUT2D eigenvalue weighted by Crippen LogP contribution is -2.72. The van der Waals surface area contributed by atoms with E-state index in [1.807, 2.05) is 13.8 Å². The number of ether oxygens (including phenoxy) is 1. The van der Waals surface area contributed by atoms with Crippen LogP contribution in [-0.4, -0.2) is 69.1 Å². The first-order valence-corrected chi connectivity index (χ1v) is 16.2. The number of aliphatic hydroxyl groups excluding tert-OH is 5. The Labute approximate surface area is 252 Å². The van der Waals surface area contributed by atoms with Gasteiger partial charge >= 0.3 is 5.97 Å². The number of allylic oxidation sites excluding steroid dienone is 3. The molecule has 0 saturated heterocycles. The minimum atomic E-state index is -1.23. The molecule has 0 aromatic heterocycles. The van der Waals surface area contributed by atoms with Crippen LogP contribution in [-0.2, 0) is 9.53 Å². The van der Waals surface area contributed by atoms with Crippen LogP contribution in [0.1, 0.15) is 100 Å². The lowest BCUT2D eigenvalue weighted by Gasteiger charge is -2.72. The van der Waals surface area contributed by atoms with E-state index >= 15 is 0 Å². The van der Waals surface area contributed by atoms with Gasteiger partial charge in [0.1, 0.15) is 12.2 Å². The van der Waals surface area contributed by atoms with E-state index in [0.29, 0.717) is 30.8 Å². The van der Waals surface area contributed by atoms with Crippen molar-refractivity contribution in [1.29, 1.82) is 0 Å². The van der Waals surface area contributed by atoms with E-state index < -0.39 is 53.2 Å². The molecular weight excluding hydrogens is 532 g/mol. The van der Waals surface area contributed by atoms with Crippen molar-refractivity contribution in [3.63, 3.8) is 0 Å². The molecule has 5 rings (SSSR count). The highest BCUT2D eigenvalue weighted by Crippen LogP contribution is 2.75. The molecule has 4 saturated carbocycles. The van der Waals surface area contributed by atoms with Gasteiger partial charge in [0.2, 0.25) is 0 Å². The Balaban J connectivity index is 1.58. The molecule has 5 N–H and O–H groups in total. The standard InChI is InChI=1S/C35H56O7/c1-9-20(2)29(41)42-28-27(40)35(19-37)22(16-30(28,3)4)21-10-11-24-31(5)14-13-25(38)32(6,18-36)23(31)12-15-33(24,7)34(21,8)17-26(35)39/h9-10,22-28,36-40H,11-19H2,1-8H3/b20-9+/t22-,23+,24+,25-,26-,27-,28-,31-,32-,33+,34+,35-/m0/s1. The number of hydrogen-bond acceptors (Lipinski definition) is 7. The summed E-state index contributed by atoms with van der Waals surface area (Å²) < 4.78 is 5.93. The Bertz CT molecular complexity index is 1160. The predicted molar refractivity (Wildman–Crippen MR) is 161 cm³/mol. The van der Waals surface area contributed by atoms with Gasteiger partial charge in [-0.2, -0.15) is 0 Å². The number of hydrogen-bond donors (Lipinski definition) is 5. The largest absolute Gasteiger partial charge is 0.456 e. The van der Waals surface area contributed by atoms with Gasteiger partial charge in [-0.15, -0.1) is 0 Å². The summed E-state index contributed by atoms with van der Waals surface area (Å²) >= 11 is 0. The van der Waals surface area contributed by atoms with E-state index in [2.05, 4.69) is 33.8 Å². The molecule has 0 aromatic rings. The van der Waals surface area contributed by atoms with Crippen molar-refractivity contribution in [1.82, 2.24) is 0 Å². The number of esters is 1. The van der Waals surface area contributed by atoms with Gasteiger partial charge in [0.05, 0.1) is 30.8 Å². The third-order valence-electron chi connectivity index (χ3n) is 14.5. The molecule has 0 aliphatic heterocycles. The predicted octanol–water partition coefficient (Wildman–Crippen LogP) is 4.54. The summed E-state index contributed by atoms with van der Waals surface area (Å²) in [7, 11) is 0. The Morgan fingerprint density at radius 1 is 0.952 bits per heavy atom. The van der Waals surface area contributed by atoms with E-state index in [4.69, 9.17) is 4.74 Å². The second-order valence-corrected chi connectivity index (χ2v) is 16.5. The minimum Gasteiger partial charge on any atom is -0.456 e. The number of aliphatic hydroxyl groups is 5. The molecular formula is C35H56O7. The number of fused-ring (bicyclic) bond motifs is 7. The highest BCUT2D eigenvalue weighted by atomic mass is 16.6. The summed E-state index contributed by atoms with van der Waals surface area (Å²) in [6.07, 6.45) is 5.72. The highest BCUT2D eigenvalue weighted by Gasteiger charge is 2.72. The van der Waals surface area contributed by atoms with Crippen LogP contribution in [0.2, 0.25) is 0 Å². The van der Waals surface area contributed by atoms with Crippen LogP contribution in [0.3, 0.4) is 0 Å². The second-order valence-electron chi connectivity index (χ2n) is 16.5. The van der Waals surface area contributed by atoms with Crippen molar-refractivity contribution in [3.05, 3.63) is 23.3 Å². The minimum absolute atomic E-state index is 0.0255. The molecule has 238 valence electrons. The van der Waals surface area contributed by atoms with Crippen LogP contribution in [0.5, 0.6) is 0 Å². The fourth-order valence-corrected chi connectivity index (χ4v) is 11.5. The maximum absolute atomic E-state index is 12.9. The molecule has 7 nitrogen and oxygen atoms in total. The fourth-order valence-electron chi connectivity index (χ4n) is 11.5. The van der Waals surface area contributed by atoms with Gasteiger partial charge in [-0.1, -0.05) is 59.3 Å². The zero-order valence-corrected chi connectivity index (χ0v) is 27.1. The molecule has 5 aliphatic rings. The zero-order valence-electron chi connectivity index (χ0n) is 27.1. The van der Waals surface area contributed by atoms with E-state index in [0.717, 1.165) is 25.7 Å². The van der Waals surface area contributed by atoms with Gasteiger partial charge in [0.15, 0.2) is 0 Å². The SMILES string of the molecule is C/C=C(\C)C(=O)O[C@H]1[C@H](O)[C@]2(CO)[C@@H](O)C[C@]3(C)C(=CC[C@@H]4[C@@]5(C)CC[C@H](O)[C@@](C)(CO)[C@@H]5CC[C@]43C)[C@@H]2CC1(C)C. The summed E-state index contributed by atoms with van der Waals surface area (Å²) in [5.41, 5.74) is -1.25. The average molecular weight is 589 g/mol. The maximum Gasteiger partial charge on any atom is 0.333 e. The third kappa shape index (κ3) is 3.92. The van der Waals surface area contributed by atoms with Crippen molar-refractivity contribution >= 4 is 5.97 Å². The first kappa shape index (κ1) is 32.2. The maximum atomic E-state index is 12.9. The molecule has 7 heteroatoms. The van der Waals surface area contributed by atoms with Crippen LogP contribution in [0, 0.1) is 50.2 Å². The topological polar surface area (TPSA) is 127 Å². The summed E-state index contributed by atoms with van der Waals surface area (Å²) in [5.74, 6) is -0.241. The van der Waals surface area contributed by atoms with Gasteiger partial charge < -0.3 is 30.3 Å². The number of rotatable bonds is 4. The van der Waals surface area contributed by atoms with Crippen LogP contribution in [0.4, 0.5) is 0 Å². The molecule has 5 aliphatic carbocycles. The molecule has 0 aromatic carbocycles. The van der Waals surface area contributed by atoms with Gasteiger partial charge in [0.25, 0.3) is 0 Å². The normalized spacial score (nSPS) is 51.8. The third-order valence-corrected chi connectivity index (χ3v) is 14.5. The van der Waals surface area contributed by atoms with Crippen molar-refractivity contribution in [2.45, 2.75) is 125 Å². The zero-order chi connectivity index (χ0) is 31.3. The first-order valence-electron chi connectivity index (χ1n) is 16.2. The molecule has 4 fully saturated rings. The summed E-state index contributed by atoms with van der Waals surface area (Å²) in [6.45, 7) is 16.2.